The molecule has 2 rings (SSSR count). The molecule has 1 heterocycles. The molecule has 0 spiro atoms. The third-order valence-electron chi connectivity index (χ3n) is 3.03. The Morgan fingerprint density at radius 1 is 1.41 bits per heavy atom. The summed E-state index contributed by atoms with van der Waals surface area (Å²) < 4.78 is 9.97. The van der Waals surface area contributed by atoms with E-state index in [1.165, 1.54) is 12.7 Å². The first-order valence-corrected chi connectivity index (χ1v) is 5.65. The highest BCUT2D eigenvalue weighted by Crippen LogP contribution is 2.32. The molecule has 1 aliphatic rings. The first kappa shape index (κ1) is 12.1. The molecule has 0 saturated carbocycles. The van der Waals surface area contributed by atoms with E-state index < -0.39 is 0 Å². The Hall–Kier alpha value is -1.39. The van der Waals surface area contributed by atoms with Crippen molar-refractivity contribution in [2.75, 3.05) is 27.4 Å². The van der Waals surface area contributed by atoms with E-state index >= 15 is 0 Å². The van der Waals surface area contributed by atoms with Gasteiger partial charge < -0.3 is 9.47 Å². The fourth-order valence-corrected chi connectivity index (χ4v) is 2.06. The van der Waals surface area contributed by atoms with Crippen molar-refractivity contribution >= 4 is 5.97 Å². The SMILES string of the molecule is COC[C@@H](c1ccccc1)N1C[C@@H]1C(=O)OC. The number of rotatable bonds is 5. The van der Waals surface area contributed by atoms with Gasteiger partial charge in [0.1, 0.15) is 6.04 Å². The monoisotopic (exact) mass is 235 g/mol. The van der Waals surface area contributed by atoms with Gasteiger partial charge in [0.25, 0.3) is 0 Å². The van der Waals surface area contributed by atoms with Gasteiger partial charge in [-0.3, -0.25) is 9.69 Å². The zero-order chi connectivity index (χ0) is 12.3. The number of carbonyl (C=O) groups excluding carboxylic acids is 1. The van der Waals surface area contributed by atoms with Crippen LogP contribution in [0.4, 0.5) is 0 Å². The van der Waals surface area contributed by atoms with Crippen molar-refractivity contribution in [1.82, 2.24) is 4.90 Å². The summed E-state index contributed by atoms with van der Waals surface area (Å²) in [7, 11) is 3.10. The van der Waals surface area contributed by atoms with Crippen LogP contribution in [0.1, 0.15) is 11.6 Å². The van der Waals surface area contributed by atoms with E-state index in [0.29, 0.717) is 6.61 Å². The molecular formula is C13H17NO3. The predicted molar refractivity (Wildman–Crippen MR) is 63.6 cm³/mol. The maximum Gasteiger partial charge on any atom is 0.324 e. The number of hydrogen-bond donors (Lipinski definition) is 0. The maximum atomic E-state index is 11.4. The Labute approximate surface area is 101 Å². The lowest BCUT2D eigenvalue weighted by atomic mass is 10.1. The summed E-state index contributed by atoms with van der Waals surface area (Å²) in [5, 5.41) is 0. The molecule has 4 nitrogen and oxygen atoms in total. The Morgan fingerprint density at radius 2 is 2.12 bits per heavy atom. The number of benzene rings is 1. The molecule has 1 aromatic carbocycles. The second kappa shape index (κ2) is 5.29. The average Bonchev–Trinajstić information content (AvgIpc) is 3.16. The molecule has 1 aromatic rings. The first-order chi connectivity index (χ1) is 8.27. The van der Waals surface area contributed by atoms with E-state index in [1.807, 2.05) is 18.2 Å². The Morgan fingerprint density at radius 3 is 2.71 bits per heavy atom. The van der Waals surface area contributed by atoms with Crippen molar-refractivity contribution in [3.63, 3.8) is 0 Å². The largest absolute Gasteiger partial charge is 0.468 e. The third kappa shape index (κ3) is 2.65. The molecule has 0 aliphatic carbocycles. The third-order valence-corrected chi connectivity index (χ3v) is 3.03. The van der Waals surface area contributed by atoms with Crippen molar-refractivity contribution in [2.24, 2.45) is 0 Å². The molecule has 1 aliphatic heterocycles. The predicted octanol–water partition coefficient (Wildman–Crippen LogP) is 1.23. The molecule has 17 heavy (non-hydrogen) atoms. The molecule has 0 aromatic heterocycles. The summed E-state index contributed by atoms with van der Waals surface area (Å²) in [6.07, 6.45) is 0. The second-order valence-corrected chi connectivity index (χ2v) is 4.12. The van der Waals surface area contributed by atoms with Crippen molar-refractivity contribution in [2.45, 2.75) is 12.1 Å². The van der Waals surface area contributed by atoms with E-state index in [2.05, 4.69) is 17.0 Å². The highest BCUT2D eigenvalue weighted by Gasteiger charge is 2.46. The lowest BCUT2D eigenvalue weighted by molar-refractivity contribution is -0.141. The number of methoxy groups -OCH3 is 2. The van der Waals surface area contributed by atoms with Crippen molar-refractivity contribution < 1.29 is 14.3 Å². The minimum Gasteiger partial charge on any atom is -0.468 e. The number of ether oxygens (including phenoxy) is 2. The van der Waals surface area contributed by atoms with Gasteiger partial charge in [0, 0.05) is 13.7 Å². The van der Waals surface area contributed by atoms with Crippen LogP contribution in [0.3, 0.4) is 0 Å². The Balaban J connectivity index is 2.07. The summed E-state index contributed by atoms with van der Waals surface area (Å²) in [6.45, 7) is 1.33. The van der Waals surface area contributed by atoms with Gasteiger partial charge in [0.15, 0.2) is 0 Å². The van der Waals surface area contributed by atoms with Crippen LogP contribution >= 0.6 is 0 Å². The molecule has 92 valence electrons. The van der Waals surface area contributed by atoms with Gasteiger partial charge in [-0.1, -0.05) is 30.3 Å². The second-order valence-electron chi connectivity index (χ2n) is 4.12. The molecule has 1 unspecified atom stereocenters. The van der Waals surface area contributed by atoms with E-state index in [9.17, 15) is 4.79 Å². The van der Waals surface area contributed by atoms with E-state index in [-0.39, 0.29) is 18.1 Å². The van der Waals surface area contributed by atoms with Crippen LogP contribution in [0, 0.1) is 0 Å². The minimum atomic E-state index is -0.165. The van der Waals surface area contributed by atoms with Crippen molar-refractivity contribution in [1.29, 1.82) is 0 Å². The molecule has 0 radical (unpaired) electrons. The highest BCUT2D eigenvalue weighted by molar-refractivity contribution is 5.79. The number of nitrogens with zero attached hydrogens (tertiary/aromatic N) is 1. The Bertz CT molecular complexity index is 380. The molecule has 4 heteroatoms. The molecule has 3 atom stereocenters. The maximum absolute atomic E-state index is 11.4. The van der Waals surface area contributed by atoms with Crippen LogP contribution in [-0.4, -0.2) is 44.3 Å². The summed E-state index contributed by atoms with van der Waals surface area (Å²) in [4.78, 5) is 13.5. The highest BCUT2D eigenvalue weighted by atomic mass is 16.5. The molecule has 0 amide bonds. The molecule has 0 N–H and O–H groups in total. The van der Waals surface area contributed by atoms with Gasteiger partial charge in [-0.25, -0.2) is 0 Å². The fraction of sp³-hybridized carbons (Fsp3) is 0.462. The lowest BCUT2D eigenvalue weighted by Crippen LogP contribution is -2.21. The molecule has 1 fully saturated rings. The van der Waals surface area contributed by atoms with E-state index in [4.69, 9.17) is 9.47 Å². The zero-order valence-corrected chi connectivity index (χ0v) is 10.1. The number of hydrogen-bond acceptors (Lipinski definition) is 4. The average molecular weight is 235 g/mol. The molecule has 1 saturated heterocycles. The van der Waals surface area contributed by atoms with Crippen molar-refractivity contribution in [3.8, 4) is 0 Å². The van der Waals surface area contributed by atoms with Gasteiger partial charge in [-0.05, 0) is 5.56 Å². The van der Waals surface area contributed by atoms with Crippen LogP contribution in [0.5, 0.6) is 0 Å². The summed E-state index contributed by atoms with van der Waals surface area (Å²) >= 11 is 0. The van der Waals surface area contributed by atoms with Crippen LogP contribution in [0.15, 0.2) is 30.3 Å². The van der Waals surface area contributed by atoms with Gasteiger partial charge in [-0.2, -0.15) is 0 Å². The summed E-state index contributed by atoms with van der Waals surface area (Å²) in [6, 6.07) is 10.1. The quantitative estimate of drug-likeness (QED) is 0.568. The van der Waals surface area contributed by atoms with Crippen LogP contribution in [0.2, 0.25) is 0 Å². The zero-order valence-electron chi connectivity index (χ0n) is 10.1. The van der Waals surface area contributed by atoms with E-state index in [0.717, 1.165) is 6.54 Å². The summed E-state index contributed by atoms with van der Waals surface area (Å²) in [5.41, 5.74) is 1.17. The molecule has 0 bridgehead atoms. The number of esters is 1. The first-order valence-electron chi connectivity index (χ1n) is 5.65. The van der Waals surface area contributed by atoms with Gasteiger partial charge in [0.05, 0.1) is 19.8 Å². The standard InChI is InChI=1S/C13H17NO3/c1-16-9-12(10-6-4-3-5-7-10)14-8-11(14)13(15)17-2/h3-7,11-12H,8-9H2,1-2H3/t11-,12+,14?/m1/s1. The van der Waals surface area contributed by atoms with Crippen LogP contribution < -0.4 is 0 Å². The Kier molecular flexibility index (Phi) is 3.76. The summed E-state index contributed by atoms with van der Waals surface area (Å²) in [5.74, 6) is -0.165. The van der Waals surface area contributed by atoms with Crippen molar-refractivity contribution in [3.05, 3.63) is 35.9 Å². The number of carbonyl (C=O) groups is 1. The minimum absolute atomic E-state index is 0.111. The normalized spacial score (nSPS) is 24.1. The van der Waals surface area contributed by atoms with Crippen LogP contribution in [0.25, 0.3) is 0 Å². The topological polar surface area (TPSA) is 38.5 Å². The molecular weight excluding hydrogens is 218 g/mol. The van der Waals surface area contributed by atoms with Gasteiger partial charge >= 0.3 is 5.97 Å². The van der Waals surface area contributed by atoms with E-state index in [1.54, 1.807) is 7.11 Å². The lowest BCUT2D eigenvalue weighted by Gasteiger charge is -2.18. The van der Waals surface area contributed by atoms with Gasteiger partial charge in [0.2, 0.25) is 0 Å². The smallest absolute Gasteiger partial charge is 0.324 e. The van der Waals surface area contributed by atoms with Crippen LogP contribution in [-0.2, 0) is 14.3 Å². The fourth-order valence-electron chi connectivity index (χ4n) is 2.06. The van der Waals surface area contributed by atoms with Gasteiger partial charge in [-0.15, -0.1) is 0 Å².